The van der Waals surface area contributed by atoms with Crippen molar-refractivity contribution in [3.8, 4) is 0 Å². The van der Waals surface area contributed by atoms with Gasteiger partial charge in [0, 0.05) is 22.1 Å². The molecular formula is C17H19Cl2N. The Morgan fingerprint density at radius 3 is 2.25 bits per heavy atom. The summed E-state index contributed by atoms with van der Waals surface area (Å²) in [6.07, 6.45) is 1.01. The summed E-state index contributed by atoms with van der Waals surface area (Å²) in [6.45, 7) is 4.34. The fourth-order valence-corrected chi connectivity index (χ4v) is 2.65. The molecule has 1 nitrogen and oxygen atoms in total. The lowest BCUT2D eigenvalue weighted by Crippen LogP contribution is -2.24. The van der Waals surface area contributed by atoms with E-state index in [1.807, 2.05) is 30.3 Å². The maximum absolute atomic E-state index is 6.07. The first-order chi connectivity index (χ1) is 9.60. The van der Waals surface area contributed by atoms with Crippen molar-refractivity contribution in [3.63, 3.8) is 0 Å². The van der Waals surface area contributed by atoms with Gasteiger partial charge in [-0.2, -0.15) is 0 Å². The van der Waals surface area contributed by atoms with E-state index in [1.54, 1.807) is 0 Å². The van der Waals surface area contributed by atoms with Crippen molar-refractivity contribution in [2.45, 2.75) is 32.4 Å². The predicted molar refractivity (Wildman–Crippen MR) is 87.5 cm³/mol. The van der Waals surface area contributed by atoms with Gasteiger partial charge in [0.15, 0.2) is 0 Å². The number of nitrogens with one attached hydrogen (secondary N) is 1. The Kier molecular flexibility index (Phi) is 5.47. The summed E-state index contributed by atoms with van der Waals surface area (Å²) in [5.41, 5.74) is 2.45. The lowest BCUT2D eigenvalue weighted by Gasteiger charge is -2.23. The van der Waals surface area contributed by atoms with Gasteiger partial charge in [0.25, 0.3) is 0 Å². The van der Waals surface area contributed by atoms with Crippen molar-refractivity contribution in [3.05, 3.63) is 69.7 Å². The predicted octanol–water partition coefficient (Wildman–Crippen LogP) is 5.80. The molecule has 1 N–H and O–H groups in total. The summed E-state index contributed by atoms with van der Waals surface area (Å²) in [5.74, 6) is 0. The van der Waals surface area contributed by atoms with Gasteiger partial charge in [0.2, 0.25) is 0 Å². The molecule has 0 amide bonds. The van der Waals surface area contributed by atoms with E-state index in [0.29, 0.717) is 6.04 Å². The van der Waals surface area contributed by atoms with Crippen LogP contribution >= 0.6 is 23.2 Å². The first-order valence-electron chi connectivity index (χ1n) is 6.87. The smallest absolute Gasteiger partial charge is 0.0409 e. The van der Waals surface area contributed by atoms with Crippen molar-refractivity contribution in [1.82, 2.24) is 5.32 Å². The zero-order chi connectivity index (χ0) is 14.5. The molecular weight excluding hydrogens is 289 g/mol. The Bertz CT molecular complexity index is 551. The van der Waals surface area contributed by atoms with Crippen LogP contribution in [0.15, 0.2) is 48.5 Å². The minimum Gasteiger partial charge on any atom is -0.303 e. The summed E-state index contributed by atoms with van der Waals surface area (Å²) >= 11 is 12.0. The molecule has 106 valence electrons. The van der Waals surface area contributed by atoms with Gasteiger partial charge in [0.05, 0.1) is 0 Å². The van der Waals surface area contributed by atoms with Gasteiger partial charge in [-0.15, -0.1) is 0 Å². The molecule has 0 bridgehead atoms. The molecule has 0 spiro atoms. The van der Waals surface area contributed by atoms with E-state index in [9.17, 15) is 0 Å². The first-order valence-corrected chi connectivity index (χ1v) is 7.62. The van der Waals surface area contributed by atoms with Crippen LogP contribution in [0.1, 0.15) is 43.5 Å². The number of hydrogen-bond donors (Lipinski definition) is 1. The van der Waals surface area contributed by atoms with E-state index >= 15 is 0 Å². The van der Waals surface area contributed by atoms with Crippen molar-refractivity contribution < 1.29 is 0 Å². The average molecular weight is 308 g/mol. The quantitative estimate of drug-likeness (QED) is 0.736. The van der Waals surface area contributed by atoms with Crippen LogP contribution in [0.3, 0.4) is 0 Å². The summed E-state index contributed by atoms with van der Waals surface area (Å²) in [4.78, 5) is 0. The minimum absolute atomic E-state index is 0.260. The van der Waals surface area contributed by atoms with Gasteiger partial charge in [-0.1, -0.05) is 54.4 Å². The van der Waals surface area contributed by atoms with Gasteiger partial charge < -0.3 is 5.32 Å². The van der Waals surface area contributed by atoms with Gasteiger partial charge >= 0.3 is 0 Å². The molecule has 0 radical (unpaired) electrons. The van der Waals surface area contributed by atoms with Crippen molar-refractivity contribution >= 4 is 23.2 Å². The third-order valence-corrected chi connectivity index (χ3v) is 3.97. The fourth-order valence-electron chi connectivity index (χ4n) is 2.32. The standard InChI is InChI=1S/C17H19Cl2N/c1-3-17(14-5-4-6-16(19)11-14)20-12(2)13-7-9-15(18)10-8-13/h4-12,17,20H,3H2,1-2H3/t12-,17?/m1/s1. The highest BCUT2D eigenvalue weighted by atomic mass is 35.5. The monoisotopic (exact) mass is 307 g/mol. The molecule has 0 saturated heterocycles. The molecule has 2 atom stereocenters. The number of benzene rings is 2. The van der Waals surface area contributed by atoms with E-state index in [1.165, 1.54) is 11.1 Å². The Labute approximate surface area is 130 Å². The molecule has 0 aliphatic rings. The van der Waals surface area contributed by atoms with Crippen molar-refractivity contribution in [2.24, 2.45) is 0 Å². The third kappa shape index (κ3) is 3.99. The van der Waals surface area contributed by atoms with Crippen LogP contribution in [0.4, 0.5) is 0 Å². The Balaban J connectivity index is 2.11. The second-order valence-corrected chi connectivity index (χ2v) is 5.83. The summed E-state index contributed by atoms with van der Waals surface area (Å²) in [6, 6.07) is 16.6. The fraction of sp³-hybridized carbons (Fsp3) is 0.294. The maximum Gasteiger partial charge on any atom is 0.0409 e. The molecule has 2 aromatic rings. The van der Waals surface area contributed by atoms with Crippen molar-refractivity contribution in [1.29, 1.82) is 0 Å². The van der Waals surface area contributed by atoms with Crippen LogP contribution in [-0.4, -0.2) is 0 Å². The van der Waals surface area contributed by atoms with Crippen LogP contribution in [0, 0.1) is 0 Å². The van der Waals surface area contributed by atoms with E-state index < -0.39 is 0 Å². The summed E-state index contributed by atoms with van der Waals surface area (Å²) in [5, 5.41) is 5.19. The Morgan fingerprint density at radius 2 is 1.65 bits per heavy atom. The molecule has 0 aliphatic carbocycles. The second-order valence-electron chi connectivity index (χ2n) is 4.96. The lowest BCUT2D eigenvalue weighted by atomic mass is 10.0. The zero-order valence-corrected chi connectivity index (χ0v) is 13.2. The highest BCUT2D eigenvalue weighted by Crippen LogP contribution is 2.24. The lowest BCUT2D eigenvalue weighted by molar-refractivity contribution is 0.456. The molecule has 20 heavy (non-hydrogen) atoms. The number of rotatable bonds is 5. The minimum atomic E-state index is 0.260. The molecule has 0 saturated carbocycles. The summed E-state index contributed by atoms with van der Waals surface area (Å²) in [7, 11) is 0. The van der Waals surface area contributed by atoms with Crippen molar-refractivity contribution in [2.75, 3.05) is 0 Å². The van der Waals surface area contributed by atoms with Crippen LogP contribution < -0.4 is 5.32 Å². The highest BCUT2D eigenvalue weighted by Gasteiger charge is 2.14. The van der Waals surface area contributed by atoms with E-state index in [0.717, 1.165) is 16.5 Å². The normalized spacial score (nSPS) is 14.0. The number of hydrogen-bond acceptors (Lipinski definition) is 1. The molecule has 3 heteroatoms. The maximum atomic E-state index is 6.07. The third-order valence-electron chi connectivity index (χ3n) is 3.48. The van der Waals surface area contributed by atoms with Gasteiger partial charge in [-0.3, -0.25) is 0 Å². The number of halogens is 2. The topological polar surface area (TPSA) is 12.0 Å². The Morgan fingerprint density at radius 1 is 0.950 bits per heavy atom. The highest BCUT2D eigenvalue weighted by molar-refractivity contribution is 6.30. The van der Waals surface area contributed by atoms with E-state index in [-0.39, 0.29) is 6.04 Å². The molecule has 2 rings (SSSR count). The molecule has 2 aromatic carbocycles. The molecule has 0 aromatic heterocycles. The summed E-state index contributed by atoms with van der Waals surface area (Å²) < 4.78 is 0. The Hall–Kier alpha value is -1.02. The molecule has 0 heterocycles. The van der Waals surface area contributed by atoms with Gasteiger partial charge in [0.1, 0.15) is 0 Å². The zero-order valence-electron chi connectivity index (χ0n) is 11.7. The van der Waals surface area contributed by atoms with Crippen LogP contribution in [-0.2, 0) is 0 Å². The van der Waals surface area contributed by atoms with Crippen LogP contribution in [0.2, 0.25) is 10.0 Å². The molecule has 0 aliphatic heterocycles. The second kappa shape index (κ2) is 7.12. The van der Waals surface area contributed by atoms with E-state index in [2.05, 4.69) is 37.4 Å². The molecule has 1 unspecified atom stereocenters. The van der Waals surface area contributed by atoms with Gasteiger partial charge in [-0.05, 0) is 48.7 Å². The van der Waals surface area contributed by atoms with E-state index in [4.69, 9.17) is 23.2 Å². The van der Waals surface area contributed by atoms with Gasteiger partial charge in [-0.25, -0.2) is 0 Å². The van der Waals surface area contributed by atoms with Crippen LogP contribution in [0.25, 0.3) is 0 Å². The molecule has 0 fully saturated rings. The SMILES string of the molecule is CCC(N[C@H](C)c1ccc(Cl)cc1)c1cccc(Cl)c1. The average Bonchev–Trinajstić information content (AvgIpc) is 2.45. The van der Waals surface area contributed by atoms with Crippen LogP contribution in [0.5, 0.6) is 0 Å². The largest absolute Gasteiger partial charge is 0.303 e. The first kappa shape index (κ1) is 15.4.